The second-order valence-electron chi connectivity index (χ2n) is 2.55. The minimum Gasteiger partial charge on any atom is -0.426 e. The largest absolute Gasteiger partial charge is 0.426 e. The van der Waals surface area contributed by atoms with Crippen LogP contribution in [-0.4, -0.2) is 11.8 Å². The first kappa shape index (κ1) is 7.03. The maximum Gasteiger partial charge on any atom is 0.315 e. The fraction of sp³-hybridized carbons (Fsp3) is 0.111. The van der Waals surface area contributed by atoms with Crippen LogP contribution in [0.2, 0.25) is 0 Å². The Bertz CT molecular complexity index is 345. The average molecular weight is 162 g/mol. The fourth-order valence-electron chi connectivity index (χ4n) is 1.16. The Kier molecular flexibility index (Phi) is 1.43. The zero-order valence-corrected chi connectivity index (χ0v) is 6.24. The van der Waals surface area contributed by atoms with E-state index in [1.807, 2.05) is 0 Å². The highest BCUT2D eigenvalue weighted by atomic mass is 16.5. The Morgan fingerprint density at radius 3 is 3.00 bits per heavy atom. The predicted octanol–water partition coefficient (Wildman–Crippen LogP) is 0.882. The average Bonchev–Trinajstić information content (AvgIpc) is 2.04. The smallest absolute Gasteiger partial charge is 0.315 e. The monoisotopic (exact) mass is 162 g/mol. The molecule has 2 aliphatic rings. The number of ketones is 1. The summed E-state index contributed by atoms with van der Waals surface area (Å²) in [6, 6.07) is 0. The maximum absolute atomic E-state index is 11.1. The van der Waals surface area contributed by atoms with Crippen LogP contribution in [0.1, 0.15) is 6.42 Å². The Labute approximate surface area is 69.0 Å². The summed E-state index contributed by atoms with van der Waals surface area (Å²) in [6.07, 6.45) is 6.43. The Morgan fingerprint density at radius 1 is 1.33 bits per heavy atom. The Balaban J connectivity index is 2.44. The van der Waals surface area contributed by atoms with Crippen LogP contribution in [0.15, 0.2) is 35.6 Å². The third kappa shape index (κ3) is 0.993. The highest BCUT2D eigenvalue weighted by molar-refractivity contribution is 6.09. The molecule has 0 saturated carbocycles. The summed E-state index contributed by atoms with van der Waals surface area (Å²) in [5.41, 5.74) is 0.497. The second-order valence-corrected chi connectivity index (χ2v) is 2.55. The molecule has 1 aliphatic heterocycles. The number of carbonyl (C=O) groups excluding carboxylic acids is 2. The molecule has 0 aromatic rings. The normalized spacial score (nSPS) is 21.0. The van der Waals surface area contributed by atoms with Crippen molar-refractivity contribution < 1.29 is 14.3 Å². The molecule has 3 nitrogen and oxygen atoms in total. The van der Waals surface area contributed by atoms with Gasteiger partial charge in [0, 0.05) is 0 Å². The molecule has 0 atom stereocenters. The zero-order valence-electron chi connectivity index (χ0n) is 6.24. The second kappa shape index (κ2) is 2.44. The van der Waals surface area contributed by atoms with Gasteiger partial charge in [0.15, 0.2) is 5.78 Å². The predicted molar refractivity (Wildman–Crippen MR) is 41.0 cm³/mol. The lowest BCUT2D eigenvalue weighted by atomic mass is 10.0. The number of ether oxygens (including phenoxy) is 1. The summed E-state index contributed by atoms with van der Waals surface area (Å²) in [6.45, 7) is 0. The third-order valence-corrected chi connectivity index (χ3v) is 1.72. The van der Waals surface area contributed by atoms with Crippen molar-refractivity contribution in [1.82, 2.24) is 0 Å². The van der Waals surface area contributed by atoms with Gasteiger partial charge in [0.25, 0.3) is 0 Å². The van der Waals surface area contributed by atoms with Crippen molar-refractivity contribution in [3.63, 3.8) is 0 Å². The van der Waals surface area contributed by atoms with Gasteiger partial charge in [0.05, 0.1) is 12.0 Å². The zero-order chi connectivity index (χ0) is 8.55. The van der Waals surface area contributed by atoms with Crippen LogP contribution in [0.5, 0.6) is 0 Å². The van der Waals surface area contributed by atoms with Gasteiger partial charge in [-0.05, 0) is 12.2 Å². The van der Waals surface area contributed by atoms with Gasteiger partial charge in [-0.1, -0.05) is 12.2 Å². The van der Waals surface area contributed by atoms with E-state index in [1.54, 1.807) is 18.2 Å². The van der Waals surface area contributed by atoms with Gasteiger partial charge in [0.1, 0.15) is 5.76 Å². The van der Waals surface area contributed by atoms with E-state index in [4.69, 9.17) is 4.74 Å². The molecule has 0 spiro atoms. The van der Waals surface area contributed by atoms with Gasteiger partial charge >= 0.3 is 5.97 Å². The molecule has 0 radical (unpaired) electrons. The van der Waals surface area contributed by atoms with Crippen LogP contribution in [-0.2, 0) is 14.3 Å². The first-order valence-electron chi connectivity index (χ1n) is 3.61. The molecule has 0 saturated heterocycles. The molecule has 1 heterocycles. The Morgan fingerprint density at radius 2 is 2.17 bits per heavy atom. The summed E-state index contributed by atoms with van der Waals surface area (Å²) < 4.78 is 4.84. The molecule has 0 fully saturated rings. The van der Waals surface area contributed by atoms with Crippen LogP contribution in [0.25, 0.3) is 0 Å². The molecule has 0 bridgehead atoms. The number of rotatable bonds is 0. The van der Waals surface area contributed by atoms with Crippen LogP contribution >= 0.6 is 0 Å². The minimum atomic E-state index is -0.312. The van der Waals surface area contributed by atoms with Crippen molar-refractivity contribution in [2.45, 2.75) is 6.42 Å². The highest BCUT2D eigenvalue weighted by Crippen LogP contribution is 2.22. The van der Waals surface area contributed by atoms with Crippen molar-refractivity contribution in [1.29, 1.82) is 0 Å². The van der Waals surface area contributed by atoms with Gasteiger partial charge in [-0.25, -0.2) is 0 Å². The summed E-state index contributed by atoms with van der Waals surface area (Å²) >= 11 is 0. The lowest BCUT2D eigenvalue weighted by Crippen LogP contribution is -2.16. The van der Waals surface area contributed by atoms with Gasteiger partial charge in [-0.2, -0.15) is 0 Å². The number of esters is 1. The van der Waals surface area contributed by atoms with E-state index >= 15 is 0 Å². The minimum absolute atomic E-state index is 0.0972. The molecule has 2 rings (SSSR count). The van der Waals surface area contributed by atoms with E-state index in [9.17, 15) is 9.59 Å². The number of allylic oxidation sites excluding steroid dienone is 4. The number of hydrogen-bond donors (Lipinski definition) is 0. The van der Waals surface area contributed by atoms with E-state index in [0.29, 0.717) is 11.3 Å². The molecule has 0 amide bonds. The highest BCUT2D eigenvalue weighted by Gasteiger charge is 2.22. The van der Waals surface area contributed by atoms with E-state index in [-0.39, 0.29) is 18.2 Å². The standard InChI is InChI=1S/C9H6O3/c10-7-2-1-3-8-6(7)4-5-9(11)12-8/h1-4H,5H2. The number of carbonyl (C=O) groups is 2. The molecule has 0 N–H and O–H groups in total. The number of fused-ring (bicyclic) bond motifs is 1. The first-order chi connectivity index (χ1) is 5.77. The molecule has 60 valence electrons. The SMILES string of the molecule is O=C1CC=C2C(=O)C=CC=C2O1. The van der Waals surface area contributed by atoms with Crippen LogP contribution < -0.4 is 0 Å². The van der Waals surface area contributed by atoms with E-state index < -0.39 is 0 Å². The van der Waals surface area contributed by atoms with Crippen LogP contribution in [0.3, 0.4) is 0 Å². The molecule has 3 heteroatoms. The number of hydrogen-bond acceptors (Lipinski definition) is 3. The molecular weight excluding hydrogens is 156 g/mol. The van der Waals surface area contributed by atoms with E-state index in [0.717, 1.165) is 0 Å². The van der Waals surface area contributed by atoms with Crippen LogP contribution in [0, 0.1) is 0 Å². The third-order valence-electron chi connectivity index (χ3n) is 1.72. The van der Waals surface area contributed by atoms with Gasteiger partial charge < -0.3 is 4.74 Å². The van der Waals surface area contributed by atoms with E-state index in [2.05, 4.69) is 0 Å². The van der Waals surface area contributed by atoms with E-state index in [1.165, 1.54) is 6.08 Å². The summed E-state index contributed by atoms with van der Waals surface area (Å²) in [5, 5.41) is 0. The van der Waals surface area contributed by atoms with Crippen molar-refractivity contribution >= 4 is 11.8 Å². The summed E-state index contributed by atoms with van der Waals surface area (Å²) in [5.74, 6) is -0.0353. The topological polar surface area (TPSA) is 43.4 Å². The molecule has 1 aliphatic carbocycles. The van der Waals surface area contributed by atoms with Gasteiger partial charge in [-0.3, -0.25) is 9.59 Å². The van der Waals surface area contributed by atoms with Crippen molar-refractivity contribution in [3.8, 4) is 0 Å². The molecule has 12 heavy (non-hydrogen) atoms. The molecule has 0 unspecified atom stereocenters. The van der Waals surface area contributed by atoms with Crippen LogP contribution in [0.4, 0.5) is 0 Å². The lowest BCUT2D eigenvalue weighted by Gasteiger charge is -2.16. The maximum atomic E-state index is 11.1. The van der Waals surface area contributed by atoms with Crippen molar-refractivity contribution in [2.75, 3.05) is 0 Å². The van der Waals surface area contributed by atoms with Gasteiger partial charge in [0.2, 0.25) is 0 Å². The Hall–Kier alpha value is -1.64. The first-order valence-corrected chi connectivity index (χ1v) is 3.61. The summed E-state index contributed by atoms with van der Waals surface area (Å²) in [4.78, 5) is 21.9. The van der Waals surface area contributed by atoms with Gasteiger partial charge in [-0.15, -0.1) is 0 Å². The molecule has 0 aromatic carbocycles. The molecular formula is C9H6O3. The van der Waals surface area contributed by atoms with Crippen molar-refractivity contribution in [2.24, 2.45) is 0 Å². The lowest BCUT2D eigenvalue weighted by molar-refractivity contribution is -0.138. The quantitative estimate of drug-likeness (QED) is 0.496. The molecule has 0 aromatic heterocycles. The fourth-order valence-corrected chi connectivity index (χ4v) is 1.16. The van der Waals surface area contributed by atoms with Crippen molar-refractivity contribution in [3.05, 3.63) is 35.6 Å². The summed E-state index contributed by atoms with van der Waals surface area (Å²) in [7, 11) is 0.